The first kappa shape index (κ1) is 18.1. The molecule has 0 aliphatic carbocycles. The summed E-state index contributed by atoms with van der Waals surface area (Å²) in [4.78, 5) is 0. The van der Waals surface area contributed by atoms with Crippen LogP contribution in [-0.2, 0) is 21.2 Å². The molecular formula is C14H23ClN2O3S. The standard InChI is InChI=1S/C14H22N2O3S.ClH/c1-11(2)19-9-10-20(17,18)16-8-4-5-12-13(15)6-3-7-14(12)16;/h3,6-7,11H,4-5,8-10,15H2,1-2H3;1H. The van der Waals surface area contributed by atoms with Crippen molar-refractivity contribution in [3.05, 3.63) is 23.8 Å². The quantitative estimate of drug-likeness (QED) is 0.838. The van der Waals surface area contributed by atoms with Crippen molar-refractivity contribution in [1.82, 2.24) is 0 Å². The van der Waals surface area contributed by atoms with E-state index in [1.165, 1.54) is 4.31 Å². The van der Waals surface area contributed by atoms with E-state index in [2.05, 4.69) is 0 Å². The number of hydrogen-bond acceptors (Lipinski definition) is 4. The molecule has 0 amide bonds. The monoisotopic (exact) mass is 334 g/mol. The Labute approximate surface area is 132 Å². The van der Waals surface area contributed by atoms with Gasteiger partial charge in [-0.05, 0) is 44.4 Å². The van der Waals surface area contributed by atoms with Crippen LogP contribution in [0.5, 0.6) is 0 Å². The molecule has 5 nitrogen and oxygen atoms in total. The van der Waals surface area contributed by atoms with E-state index in [1.54, 1.807) is 6.07 Å². The van der Waals surface area contributed by atoms with Gasteiger partial charge in [-0.25, -0.2) is 8.42 Å². The van der Waals surface area contributed by atoms with Crippen LogP contribution in [0.4, 0.5) is 11.4 Å². The molecule has 1 aromatic rings. The predicted octanol–water partition coefficient (Wildman–Crippen LogP) is 2.20. The smallest absolute Gasteiger partial charge is 0.237 e. The zero-order valence-electron chi connectivity index (χ0n) is 12.4. The van der Waals surface area contributed by atoms with Gasteiger partial charge >= 0.3 is 0 Å². The molecule has 0 bridgehead atoms. The Kier molecular flexibility index (Phi) is 6.31. The average Bonchev–Trinajstić information content (AvgIpc) is 2.38. The highest BCUT2D eigenvalue weighted by atomic mass is 35.5. The van der Waals surface area contributed by atoms with Gasteiger partial charge in [0.05, 0.1) is 24.2 Å². The van der Waals surface area contributed by atoms with Crippen LogP contribution in [0.25, 0.3) is 0 Å². The molecule has 0 unspecified atom stereocenters. The first-order valence-corrected chi connectivity index (χ1v) is 8.52. The fourth-order valence-electron chi connectivity index (χ4n) is 2.41. The third-order valence-electron chi connectivity index (χ3n) is 3.37. The van der Waals surface area contributed by atoms with Gasteiger partial charge in [0.1, 0.15) is 0 Å². The van der Waals surface area contributed by atoms with E-state index >= 15 is 0 Å². The zero-order chi connectivity index (χ0) is 14.8. The Bertz CT molecular complexity index is 576. The molecule has 0 saturated heterocycles. The number of fused-ring (bicyclic) bond motifs is 1. The summed E-state index contributed by atoms with van der Waals surface area (Å²) in [5, 5.41) is 0. The fraction of sp³-hybridized carbons (Fsp3) is 0.571. The minimum atomic E-state index is -3.36. The Morgan fingerprint density at radius 2 is 2.10 bits per heavy atom. The number of ether oxygens (including phenoxy) is 1. The van der Waals surface area contributed by atoms with E-state index in [1.807, 2.05) is 26.0 Å². The lowest BCUT2D eigenvalue weighted by Gasteiger charge is -2.31. The normalized spacial score (nSPS) is 14.7. The SMILES string of the molecule is CC(C)OCCS(=O)(=O)N1CCCc2c(N)cccc21.Cl. The van der Waals surface area contributed by atoms with Gasteiger partial charge in [-0.2, -0.15) is 0 Å². The lowest BCUT2D eigenvalue weighted by molar-refractivity contribution is 0.0912. The third kappa shape index (κ3) is 4.25. The second-order valence-corrected chi connectivity index (χ2v) is 7.27. The lowest BCUT2D eigenvalue weighted by atomic mass is 10.0. The van der Waals surface area contributed by atoms with Crippen molar-refractivity contribution in [2.75, 3.05) is 28.9 Å². The molecule has 2 rings (SSSR count). The van der Waals surface area contributed by atoms with Gasteiger partial charge in [0.25, 0.3) is 0 Å². The molecular weight excluding hydrogens is 312 g/mol. The number of rotatable bonds is 5. The maximum absolute atomic E-state index is 12.4. The third-order valence-corrected chi connectivity index (χ3v) is 5.11. The summed E-state index contributed by atoms with van der Waals surface area (Å²) < 4.78 is 31.7. The van der Waals surface area contributed by atoms with Gasteiger partial charge in [-0.1, -0.05) is 6.07 Å². The van der Waals surface area contributed by atoms with Crippen molar-refractivity contribution < 1.29 is 13.2 Å². The number of halogens is 1. The Balaban J connectivity index is 0.00000220. The van der Waals surface area contributed by atoms with E-state index in [9.17, 15) is 8.42 Å². The van der Waals surface area contributed by atoms with Crippen LogP contribution in [0.15, 0.2) is 18.2 Å². The van der Waals surface area contributed by atoms with Gasteiger partial charge < -0.3 is 10.5 Å². The Hall–Kier alpha value is -0.980. The van der Waals surface area contributed by atoms with Gasteiger partial charge in [0.15, 0.2) is 0 Å². The summed E-state index contributed by atoms with van der Waals surface area (Å²) in [7, 11) is -3.36. The van der Waals surface area contributed by atoms with E-state index < -0.39 is 10.0 Å². The average molecular weight is 335 g/mol. The van der Waals surface area contributed by atoms with Gasteiger partial charge in [-0.3, -0.25) is 4.31 Å². The van der Waals surface area contributed by atoms with Crippen LogP contribution >= 0.6 is 12.4 Å². The molecule has 7 heteroatoms. The molecule has 1 aliphatic rings. The molecule has 1 heterocycles. The first-order chi connectivity index (χ1) is 9.42. The zero-order valence-corrected chi connectivity index (χ0v) is 14.0. The van der Waals surface area contributed by atoms with Crippen molar-refractivity contribution in [2.24, 2.45) is 0 Å². The topological polar surface area (TPSA) is 72.6 Å². The first-order valence-electron chi connectivity index (χ1n) is 6.91. The molecule has 0 aromatic heterocycles. The molecule has 0 saturated carbocycles. The maximum Gasteiger partial charge on any atom is 0.237 e. The number of anilines is 2. The number of benzene rings is 1. The van der Waals surface area contributed by atoms with Gasteiger partial charge in [0.2, 0.25) is 10.0 Å². The number of sulfonamides is 1. The molecule has 120 valence electrons. The van der Waals surface area contributed by atoms with Crippen LogP contribution in [0, 0.1) is 0 Å². The predicted molar refractivity (Wildman–Crippen MR) is 88.6 cm³/mol. The summed E-state index contributed by atoms with van der Waals surface area (Å²) in [5.74, 6) is -0.000576. The van der Waals surface area contributed by atoms with Gasteiger partial charge in [-0.15, -0.1) is 12.4 Å². The second-order valence-electron chi connectivity index (χ2n) is 5.26. The van der Waals surface area contributed by atoms with E-state index in [0.29, 0.717) is 12.2 Å². The van der Waals surface area contributed by atoms with Crippen LogP contribution in [-0.4, -0.2) is 33.4 Å². The summed E-state index contributed by atoms with van der Waals surface area (Å²) in [6, 6.07) is 5.44. The molecule has 21 heavy (non-hydrogen) atoms. The van der Waals surface area contributed by atoms with Crippen LogP contribution < -0.4 is 10.0 Å². The van der Waals surface area contributed by atoms with E-state index in [4.69, 9.17) is 10.5 Å². The molecule has 0 atom stereocenters. The second kappa shape index (κ2) is 7.33. The summed E-state index contributed by atoms with van der Waals surface area (Å²) in [6.45, 7) is 4.52. The minimum Gasteiger partial charge on any atom is -0.398 e. The molecule has 0 fully saturated rings. The minimum absolute atomic E-state index is 0. The molecule has 0 spiro atoms. The highest BCUT2D eigenvalue weighted by Crippen LogP contribution is 2.33. The largest absolute Gasteiger partial charge is 0.398 e. The summed E-state index contributed by atoms with van der Waals surface area (Å²) >= 11 is 0. The van der Waals surface area contributed by atoms with Crippen molar-refractivity contribution >= 4 is 33.8 Å². The lowest BCUT2D eigenvalue weighted by Crippen LogP contribution is -2.38. The summed E-state index contributed by atoms with van der Waals surface area (Å²) in [6.07, 6.45) is 1.66. The van der Waals surface area contributed by atoms with Crippen LogP contribution in [0.2, 0.25) is 0 Å². The number of nitrogen functional groups attached to an aromatic ring is 1. The van der Waals surface area contributed by atoms with Crippen molar-refractivity contribution in [3.8, 4) is 0 Å². The molecule has 1 aliphatic heterocycles. The van der Waals surface area contributed by atoms with Crippen molar-refractivity contribution in [2.45, 2.75) is 32.8 Å². The Morgan fingerprint density at radius 3 is 2.76 bits per heavy atom. The number of hydrogen-bond donors (Lipinski definition) is 1. The fourth-order valence-corrected chi connectivity index (χ4v) is 3.81. The van der Waals surface area contributed by atoms with Crippen molar-refractivity contribution in [1.29, 1.82) is 0 Å². The number of nitrogens with two attached hydrogens (primary N) is 1. The Morgan fingerprint density at radius 1 is 1.38 bits per heavy atom. The highest BCUT2D eigenvalue weighted by Gasteiger charge is 2.28. The molecule has 0 radical (unpaired) electrons. The van der Waals surface area contributed by atoms with Crippen LogP contribution in [0.3, 0.4) is 0 Å². The maximum atomic E-state index is 12.4. The molecule has 1 aromatic carbocycles. The number of nitrogens with zero attached hydrogens (tertiary/aromatic N) is 1. The van der Waals surface area contributed by atoms with E-state index in [0.717, 1.165) is 24.1 Å². The van der Waals surface area contributed by atoms with Gasteiger partial charge in [0, 0.05) is 12.2 Å². The highest BCUT2D eigenvalue weighted by molar-refractivity contribution is 7.92. The summed E-state index contributed by atoms with van der Waals surface area (Å²) in [5.41, 5.74) is 8.27. The molecule has 2 N–H and O–H groups in total. The van der Waals surface area contributed by atoms with E-state index in [-0.39, 0.29) is 30.9 Å². The van der Waals surface area contributed by atoms with Crippen molar-refractivity contribution in [3.63, 3.8) is 0 Å². The van der Waals surface area contributed by atoms with Crippen LogP contribution in [0.1, 0.15) is 25.8 Å².